The molecule has 0 saturated carbocycles. The van der Waals surface area contributed by atoms with Crippen molar-refractivity contribution in [1.29, 1.82) is 0 Å². The van der Waals surface area contributed by atoms with Crippen molar-refractivity contribution in [3.05, 3.63) is 57.8 Å². The molecule has 1 heterocycles. The number of hydrogen-bond donors (Lipinski definition) is 1. The molecule has 1 aromatic carbocycles. The van der Waals surface area contributed by atoms with Gasteiger partial charge in [0.1, 0.15) is 4.60 Å². The van der Waals surface area contributed by atoms with Crippen LogP contribution in [0.1, 0.15) is 16.7 Å². The number of halogens is 1. The van der Waals surface area contributed by atoms with Crippen LogP contribution in [0.25, 0.3) is 0 Å². The number of rotatable bonds is 0. The van der Waals surface area contributed by atoms with Crippen molar-refractivity contribution in [1.82, 2.24) is 4.98 Å². The summed E-state index contributed by atoms with van der Waals surface area (Å²) in [7, 11) is 0. The van der Waals surface area contributed by atoms with Crippen molar-refractivity contribution in [2.45, 2.75) is 6.92 Å². The minimum Gasteiger partial charge on any atom is -0.398 e. The summed E-state index contributed by atoms with van der Waals surface area (Å²) in [5.41, 5.74) is 9.37. The van der Waals surface area contributed by atoms with Crippen LogP contribution in [0.4, 0.5) is 5.69 Å². The zero-order valence-corrected chi connectivity index (χ0v) is 11.0. The molecule has 0 bridgehead atoms. The number of nitrogens with two attached hydrogens (primary N) is 1. The standard InChI is InChI=1S/C14H11BrN2/c1-10-8-14(15)17-9-12(10)7-6-11-4-2-3-5-13(11)16/h2-5,8-9H,16H2,1H3. The molecule has 0 aliphatic carbocycles. The zero-order chi connectivity index (χ0) is 12.3. The average Bonchev–Trinajstić information content (AvgIpc) is 2.30. The highest BCUT2D eigenvalue weighted by molar-refractivity contribution is 9.10. The summed E-state index contributed by atoms with van der Waals surface area (Å²) in [4.78, 5) is 4.16. The molecule has 0 spiro atoms. The Morgan fingerprint density at radius 3 is 2.59 bits per heavy atom. The van der Waals surface area contributed by atoms with Gasteiger partial charge in [0.15, 0.2) is 0 Å². The van der Waals surface area contributed by atoms with E-state index in [2.05, 4.69) is 32.8 Å². The van der Waals surface area contributed by atoms with Crippen molar-refractivity contribution < 1.29 is 0 Å². The number of hydrogen-bond acceptors (Lipinski definition) is 2. The number of benzene rings is 1. The fourth-order valence-corrected chi connectivity index (χ4v) is 1.84. The monoisotopic (exact) mass is 286 g/mol. The zero-order valence-electron chi connectivity index (χ0n) is 9.37. The Morgan fingerprint density at radius 1 is 1.18 bits per heavy atom. The maximum atomic E-state index is 5.82. The highest BCUT2D eigenvalue weighted by atomic mass is 79.9. The van der Waals surface area contributed by atoms with Crippen LogP contribution >= 0.6 is 15.9 Å². The second kappa shape index (κ2) is 5.03. The van der Waals surface area contributed by atoms with Gasteiger partial charge in [-0.3, -0.25) is 0 Å². The Hall–Kier alpha value is -1.79. The molecule has 0 amide bonds. The number of aryl methyl sites for hydroxylation is 1. The van der Waals surface area contributed by atoms with Gasteiger partial charge in [-0.1, -0.05) is 24.0 Å². The fraction of sp³-hybridized carbons (Fsp3) is 0.0714. The number of nitrogens with zero attached hydrogens (tertiary/aromatic N) is 1. The topological polar surface area (TPSA) is 38.9 Å². The first-order chi connectivity index (χ1) is 8.16. The molecule has 1 aromatic heterocycles. The van der Waals surface area contributed by atoms with Crippen molar-refractivity contribution in [2.75, 3.05) is 5.73 Å². The first-order valence-corrected chi connectivity index (χ1v) is 5.95. The predicted molar refractivity (Wildman–Crippen MR) is 73.5 cm³/mol. The Kier molecular flexibility index (Phi) is 3.46. The molecular formula is C14H11BrN2. The van der Waals surface area contributed by atoms with E-state index in [-0.39, 0.29) is 0 Å². The molecule has 84 valence electrons. The molecule has 0 aliphatic rings. The number of para-hydroxylation sites is 1. The summed E-state index contributed by atoms with van der Waals surface area (Å²) < 4.78 is 0.819. The second-order valence-electron chi connectivity index (χ2n) is 3.66. The molecule has 0 atom stereocenters. The van der Waals surface area contributed by atoms with E-state index in [9.17, 15) is 0 Å². The van der Waals surface area contributed by atoms with Crippen molar-refractivity contribution >= 4 is 21.6 Å². The number of pyridine rings is 1. The van der Waals surface area contributed by atoms with E-state index in [0.717, 1.165) is 21.3 Å². The highest BCUT2D eigenvalue weighted by Gasteiger charge is 1.97. The van der Waals surface area contributed by atoms with E-state index in [1.54, 1.807) is 6.20 Å². The lowest BCUT2D eigenvalue weighted by molar-refractivity contribution is 1.22. The van der Waals surface area contributed by atoms with Crippen LogP contribution in [-0.4, -0.2) is 4.98 Å². The molecule has 17 heavy (non-hydrogen) atoms. The smallest absolute Gasteiger partial charge is 0.106 e. The van der Waals surface area contributed by atoms with Crippen LogP contribution in [0.5, 0.6) is 0 Å². The Labute approximate surface area is 109 Å². The van der Waals surface area contributed by atoms with Crippen molar-refractivity contribution in [3.8, 4) is 11.8 Å². The number of anilines is 1. The third-order valence-corrected chi connectivity index (χ3v) is 2.80. The highest BCUT2D eigenvalue weighted by Crippen LogP contribution is 2.13. The van der Waals surface area contributed by atoms with E-state index in [1.807, 2.05) is 37.3 Å². The first-order valence-electron chi connectivity index (χ1n) is 5.15. The largest absolute Gasteiger partial charge is 0.398 e. The summed E-state index contributed by atoms with van der Waals surface area (Å²) in [6.07, 6.45) is 1.76. The van der Waals surface area contributed by atoms with Crippen LogP contribution in [0, 0.1) is 18.8 Å². The van der Waals surface area contributed by atoms with Crippen LogP contribution < -0.4 is 5.73 Å². The first kappa shape index (κ1) is 11.7. The average molecular weight is 287 g/mol. The van der Waals surface area contributed by atoms with Gasteiger partial charge in [-0.2, -0.15) is 0 Å². The molecule has 3 heteroatoms. The Bertz CT molecular complexity index is 609. The van der Waals surface area contributed by atoms with Gasteiger partial charge < -0.3 is 5.73 Å². The summed E-state index contributed by atoms with van der Waals surface area (Å²) in [5.74, 6) is 6.14. The van der Waals surface area contributed by atoms with Gasteiger partial charge in [-0.25, -0.2) is 4.98 Å². The van der Waals surface area contributed by atoms with Gasteiger partial charge in [0.05, 0.1) is 0 Å². The van der Waals surface area contributed by atoms with E-state index >= 15 is 0 Å². The summed E-state index contributed by atoms with van der Waals surface area (Å²) in [5, 5.41) is 0. The van der Waals surface area contributed by atoms with Gasteiger partial charge in [0.25, 0.3) is 0 Å². The van der Waals surface area contributed by atoms with Crippen LogP contribution in [-0.2, 0) is 0 Å². The minimum absolute atomic E-state index is 0.697. The number of aromatic nitrogens is 1. The third kappa shape index (κ3) is 2.86. The lowest BCUT2D eigenvalue weighted by Gasteiger charge is -1.98. The summed E-state index contributed by atoms with van der Waals surface area (Å²) in [6.45, 7) is 2.00. The Morgan fingerprint density at radius 2 is 1.88 bits per heavy atom. The maximum Gasteiger partial charge on any atom is 0.106 e. The molecule has 0 unspecified atom stereocenters. The molecular weight excluding hydrogens is 276 g/mol. The van der Waals surface area contributed by atoms with Crippen LogP contribution in [0.15, 0.2) is 41.1 Å². The molecule has 0 saturated heterocycles. The van der Waals surface area contributed by atoms with Crippen LogP contribution in [0.3, 0.4) is 0 Å². The van der Waals surface area contributed by atoms with Gasteiger partial charge in [-0.05, 0) is 46.6 Å². The quantitative estimate of drug-likeness (QED) is 0.459. The molecule has 0 fully saturated rings. The van der Waals surface area contributed by atoms with E-state index in [1.165, 1.54) is 0 Å². The lowest BCUT2D eigenvalue weighted by Crippen LogP contribution is -1.89. The van der Waals surface area contributed by atoms with Gasteiger partial charge in [0.2, 0.25) is 0 Å². The number of nitrogen functional groups attached to an aromatic ring is 1. The Balaban J connectivity index is 2.37. The van der Waals surface area contributed by atoms with Crippen molar-refractivity contribution in [2.24, 2.45) is 0 Å². The SMILES string of the molecule is Cc1cc(Br)ncc1C#Cc1ccccc1N. The maximum absolute atomic E-state index is 5.82. The van der Waals surface area contributed by atoms with E-state index in [4.69, 9.17) is 5.73 Å². The van der Waals surface area contributed by atoms with Crippen molar-refractivity contribution in [3.63, 3.8) is 0 Å². The lowest BCUT2D eigenvalue weighted by atomic mass is 10.1. The predicted octanol–water partition coefficient (Wildman–Crippen LogP) is 3.13. The molecule has 2 N–H and O–H groups in total. The summed E-state index contributed by atoms with van der Waals surface area (Å²) in [6, 6.07) is 9.51. The van der Waals surface area contributed by atoms with Crippen LogP contribution in [0.2, 0.25) is 0 Å². The molecule has 0 aliphatic heterocycles. The molecule has 2 aromatic rings. The van der Waals surface area contributed by atoms with E-state index < -0.39 is 0 Å². The summed E-state index contributed by atoms with van der Waals surface area (Å²) >= 11 is 3.32. The molecule has 2 rings (SSSR count). The van der Waals surface area contributed by atoms with E-state index in [0.29, 0.717) is 5.69 Å². The minimum atomic E-state index is 0.697. The molecule has 0 radical (unpaired) electrons. The van der Waals surface area contributed by atoms with Gasteiger partial charge in [-0.15, -0.1) is 0 Å². The third-order valence-electron chi connectivity index (χ3n) is 2.37. The van der Waals surface area contributed by atoms with Gasteiger partial charge >= 0.3 is 0 Å². The molecule has 2 nitrogen and oxygen atoms in total. The second-order valence-corrected chi connectivity index (χ2v) is 4.47. The normalized spacial score (nSPS) is 9.53. The fourth-order valence-electron chi connectivity index (χ4n) is 1.40. The van der Waals surface area contributed by atoms with Gasteiger partial charge in [0, 0.05) is 23.0 Å².